The molecule has 0 amide bonds. The number of β-amino-alcohol motifs (C(OH)–C–C–N with tert-alkyl or cyclic N) is 1. The molecule has 1 aliphatic carbocycles. The summed E-state index contributed by atoms with van der Waals surface area (Å²) in [6.45, 7) is 3.54. The van der Waals surface area contributed by atoms with Gasteiger partial charge in [-0.2, -0.15) is 0 Å². The second kappa shape index (κ2) is 7.03. The van der Waals surface area contributed by atoms with Crippen molar-refractivity contribution >= 4 is 5.82 Å². The van der Waals surface area contributed by atoms with Crippen LogP contribution in [0.5, 0.6) is 0 Å². The number of aromatic nitrogens is 2. The normalized spacial score (nSPS) is 23.8. The van der Waals surface area contributed by atoms with Crippen LogP contribution >= 0.6 is 0 Å². The summed E-state index contributed by atoms with van der Waals surface area (Å²) in [4.78, 5) is 12.1. The first-order valence-electron chi connectivity index (χ1n) is 9.17. The highest BCUT2D eigenvalue weighted by molar-refractivity contribution is 5.51. The summed E-state index contributed by atoms with van der Waals surface area (Å²) in [5.41, 5.74) is 3.80. The molecule has 0 saturated carbocycles. The van der Waals surface area contributed by atoms with Crippen LogP contribution in [0.3, 0.4) is 0 Å². The Bertz CT molecular complexity index is 668. The van der Waals surface area contributed by atoms with Crippen LogP contribution in [0.25, 0.3) is 0 Å². The van der Waals surface area contributed by atoms with Gasteiger partial charge < -0.3 is 15.3 Å². The van der Waals surface area contributed by atoms with E-state index in [2.05, 4.69) is 28.4 Å². The van der Waals surface area contributed by atoms with E-state index in [-0.39, 0.29) is 6.10 Å². The van der Waals surface area contributed by atoms with Crippen LogP contribution in [-0.2, 0) is 19.3 Å². The van der Waals surface area contributed by atoms with Crippen molar-refractivity contribution in [3.8, 4) is 0 Å². The van der Waals surface area contributed by atoms with Gasteiger partial charge in [-0.3, -0.25) is 0 Å². The number of fused-ring (bicyclic) bond motifs is 1. The predicted octanol–water partition coefficient (Wildman–Crippen LogP) is 1.55. The summed E-state index contributed by atoms with van der Waals surface area (Å²) >= 11 is 0. The molecule has 0 radical (unpaired) electrons. The lowest BCUT2D eigenvalue weighted by Gasteiger charge is -2.22. The molecule has 1 aromatic heterocycles. The van der Waals surface area contributed by atoms with Gasteiger partial charge in [0.25, 0.3) is 0 Å². The molecule has 24 heavy (non-hydrogen) atoms. The van der Waals surface area contributed by atoms with Crippen molar-refractivity contribution in [2.45, 2.75) is 44.6 Å². The minimum absolute atomic E-state index is 0.230. The molecule has 1 aromatic rings. The lowest BCUT2D eigenvalue weighted by atomic mass is 10.0. The van der Waals surface area contributed by atoms with Gasteiger partial charge in [0.2, 0.25) is 0 Å². The zero-order valence-electron chi connectivity index (χ0n) is 14.2. The van der Waals surface area contributed by atoms with Gasteiger partial charge in [-0.15, -0.1) is 0 Å². The Balaban J connectivity index is 1.68. The monoisotopic (exact) mass is 326 g/mol. The van der Waals surface area contributed by atoms with Crippen molar-refractivity contribution in [2.24, 2.45) is 0 Å². The molecule has 1 atom stereocenters. The molecule has 3 heterocycles. The Labute approximate surface area is 143 Å². The van der Waals surface area contributed by atoms with Crippen molar-refractivity contribution in [1.82, 2.24) is 15.3 Å². The zero-order chi connectivity index (χ0) is 16.4. The number of hydrogen-bond acceptors (Lipinski definition) is 5. The molecule has 3 aliphatic rings. The van der Waals surface area contributed by atoms with Crippen LogP contribution in [0.4, 0.5) is 5.82 Å². The minimum atomic E-state index is -0.230. The van der Waals surface area contributed by atoms with Crippen LogP contribution < -0.4 is 10.2 Å². The molecule has 5 heteroatoms. The summed E-state index contributed by atoms with van der Waals surface area (Å²) in [6, 6.07) is 0. The number of nitrogens with one attached hydrogen (secondary N) is 1. The highest BCUT2D eigenvalue weighted by Gasteiger charge is 2.26. The summed E-state index contributed by atoms with van der Waals surface area (Å²) in [7, 11) is 0. The average molecular weight is 326 g/mol. The first-order valence-corrected chi connectivity index (χ1v) is 9.17. The summed E-state index contributed by atoms with van der Waals surface area (Å²) < 4.78 is 0. The molecule has 0 spiro atoms. The third-order valence-corrected chi connectivity index (χ3v) is 5.10. The Morgan fingerprint density at radius 3 is 2.92 bits per heavy atom. The van der Waals surface area contributed by atoms with E-state index in [1.54, 1.807) is 0 Å². The number of aliphatic hydroxyl groups is 1. The Kier molecular flexibility index (Phi) is 4.63. The summed E-state index contributed by atoms with van der Waals surface area (Å²) in [5.74, 6) is 1.99. The van der Waals surface area contributed by atoms with E-state index in [1.807, 2.05) is 0 Å². The fourth-order valence-electron chi connectivity index (χ4n) is 3.83. The second-order valence-electron chi connectivity index (χ2n) is 6.96. The van der Waals surface area contributed by atoms with Crippen molar-refractivity contribution in [3.63, 3.8) is 0 Å². The summed E-state index contributed by atoms with van der Waals surface area (Å²) in [6.07, 6.45) is 12.3. The van der Waals surface area contributed by atoms with E-state index < -0.39 is 0 Å². The van der Waals surface area contributed by atoms with Gasteiger partial charge in [0, 0.05) is 38.0 Å². The fraction of sp³-hybridized carbons (Fsp3) is 0.579. The first kappa shape index (κ1) is 15.8. The first-order chi connectivity index (χ1) is 11.8. The zero-order valence-corrected chi connectivity index (χ0v) is 14.2. The summed E-state index contributed by atoms with van der Waals surface area (Å²) in [5, 5.41) is 13.4. The van der Waals surface area contributed by atoms with Gasteiger partial charge in [0.05, 0.1) is 11.8 Å². The van der Waals surface area contributed by atoms with E-state index >= 15 is 0 Å². The Morgan fingerprint density at radius 1 is 1.21 bits per heavy atom. The maximum atomic E-state index is 9.94. The van der Waals surface area contributed by atoms with Gasteiger partial charge in [-0.05, 0) is 37.8 Å². The minimum Gasteiger partial charge on any atom is -0.391 e. The van der Waals surface area contributed by atoms with Crippen molar-refractivity contribution in [3.05, 3.63) is 40.9 Å². The van der Waals surface area contributed by atoms with E-state index in [0.29, 0.717) is 6.54 Å². The van der Waals surface area contributed by atoms with Crippen LogP contribution in [0.1, 0.15) is 36.3 Å². The highest BCUT2D eigenvalue weighted by Crippen LogP contribution is 2.27. The SMILES string of the molecule is OC1CCN(c2nc(CC3=CCCC=C3)nc3c2CCNCC3)C1. The lowest BCUT2D eigenvalue weighted by molar-refractivity contribution is 0.198. The highest BCUT2D eigenvalue weighted by atomic mass is 16.3. The number of anilines is 1. The lowest BCUT2D eigenvalue weighted by Crippen LogP contribution is -2.25. The third-order valence-electron chi connectivity index (χ3n) is 5.10. The van der Waals surface area contributed by atoms with Crippen LogP contribution in [0.15, 0.2) is 23.8 Å². The third kappa shape index (κ3) is 3.37. The molecule has 128 valence electrons. The number of nitrogens with zero attached hydrogens (tertiary/aromatic N) is 3. The molecule has 1 fully saturated rings. The van der Waals surface area contributed by atoms with Crippen molar-refractivity contribution < 1.29 is 5.11 Å². The van der Waals surface area contributed by atoms with Gasteiger partial charge in [0.15, 0.2) is 0 Å². The molecular weight excluding hydrogens is 300 g/mol. The van der Waals surface area contributed by atoms with E-state index in [4.69, 9.17) is 9.97 Å². The van der Waals surface area contributed by atoms with Crippen LogP contribution in [0.2, 0.25) is 0 Å². The van der Waals surface area contributed by atoms with Gasteiger partial charge in [0.1, 0.15) is 11.6 Å². The fourth-order valence-corrected chi connectivity index (χ4v) is 3.83. The van der Waals surface area contributed by atoms with Gasteiger partial charge in [-0.25, -0.2) is 9.97 Å². The Hall–Kier alpha value is -1.72. The number of rotatable bonds is 3. The molecule has 5 nitrogen and oxygen atoms in total. The quantitative estimate of drug-likeness (QED) is 0.883. The number of hydrogen-bond donors (Lipinski definition) is 2. The van der Waals surface area contributed by atoms with Gasteiger partial charge >= 0.3 is 0 Å². The topological polar surface area (TPSA) is 61.3 Å². The van der Waals surface area contributed by atoms with Crippen LogP contribution in [0, 0.1) is 0 Å². The molecule has 0 aromatic carbocycles. The Morgan fingerprint density at radius 2 is 2.12 bits per heavy atom. The molecule has 1 unspecified atom stereocenters. The van der Waals surface area contributed by atoms with Crippen molar-refractivity contribution in [2.75, 3.05) is 31.1 Å². The number of allylic oxidation sites excluding steroid dienone is 4. The smallest absolute Gasteiger partial charge is 0.135 e. The largest absolute Gasteiger partial charge is 0.391 e. The molecular formula is C19H26N4O. The van der Waals surface area contributed by atoms with Crippen molar-refractivity contribution in [1.29, 1.82) is 0 Å². The maximum Gasteiger partial charge on any atom is 0.135 e. The molecule has 1 saturated heterocycles. The van der Waals surface area contributed by atoms with E-state index in [9.17, 15) is 5.11 Å². The maximum absolute atomic E-state index is 9.94. The molecule has 0 bridgehead atoms. The standard InChI is InChI=1S/C19H26N4O/c24-15-8-11-23(13-15)19-16-6-9-20-10-7-17(16)21-18(22-19)12-14-4-2-1-3-5-14/h2,4-5,15,20,24H,1,3,6-13H2. The van der Waals surface area contributed by atoms with Crippen LogP contribution in [-0.4, -0.2) is 47.4 Å². The number of aliphatic hydroxyl groups excluding tert-OH is 1. The molecule has 2 aliphatic heterocycles. The van der Waals surface area contributed by atoms with E-state index in [1.165, 1.54) is 16.8 Å². The molecule has 2 N–H and O–H groups in total. The average Bonchev–Trinajstić information content (AvgIpc) is 2.89. The molecule has 4 rings (SSSR count). The predicted molar refractivity (Wildman–Crippen MR) is 95.3 cm³/mol. The second-order valence-corrected chi connectivity index (χ2v) is 6.96. The van der Waals surface area contributed by atoms with Gasteiger partial charge in [-0.1, -0.05) is 18.2 Å². The van der Waals surface area contributed by atoms with E-state index in [0.717, 1.165) is 69.8 Å².